The molecule has 0 saturated carbocycles. The van der Waals surface area contributed by atoms with E-state index in [-0.39, 0.29) is 28.0 Å². The van der Waals surface area contributed by atoms with Gasteiger partial charge in [-0.3, -0.25) is 0 Å². The van der Waals surface area contributed by atoms with Gasteiger partial charge >= 0.3 is 11.3 Å². The van der Waals surface area contributed by atoms with Gasteiger partial charge in [-0.15, -0.1) is 0 Å². The van der Waals surface area contributed by atoms with Crippen LogP contribution in [0.25, 0.3) is 22.3 Å². The fraction of sp³-hybridized carbons (Fsp3) is 0.348. The number of aromatic hydroxyl groups is 3. The van der Waals surface area contributed by atoms with Crippen molar-refractivity contribution in [3.63, 3.8) is 0 Å². The zero-order chi connectivity index (χ0) is 30.4. The maximum absolute atomic E-state index is 10.5. The van der Waals surface area contributed by atoms with Gasteiger partial charge in [-0.1, -0.05) is 0 Å². The molecule has 188 valence electrons. The minimum Gasteiger partial charge on any atom is -0.507 e. The van der Waals surface area contributed by atoms with Gasteiger partial charge in [0, 0.05) is 24.3 Å². The van der Waals surface area contributed by atoms with E-state index in [1.165, 1.54) is 0 Å². The van der Waals surface area contributed by atoms with Crippen LogP contribution in [0.5, 0.6) is 34.5 Å². The first kappa shape index (κ1) is 17.8. The van der Waals surface area contributed by atoms with Gasteiger partial charge in [0.15, 0.2) is 11.5 Å². The van der Waals surface area contributed by atoms with E-state index in [9.17, 15) is 35.7 Å². The van der Waals surface area contributed by atoms with Crippen LogP contribution in [0.2, 0.25) is 0 Å². The van der Waals surface area contributed by atoms with E-state index in [1.807, 2.05) is 0 Å². The van der Waals surface area contributed by atoms with Crippen molar-refractivity contribution in [1.82, 2.24) is 0 Å². The maximum Gasteiger partial charge on any atom is 0.402 e. The molecule has 1 saturated heterocycles. The standard InChI is InChI=1S/C23H24O12/c1-31-14-3-9(4-15(32-2)18(14)27)22-16(7-11-12(26)5-10(25)6-13(11)33-22)34-23-21(30)20(29)19(28)17(8-24)35-23/h3-7,17,19-21,23-24,28-30H,8H2,1-2H3,(H2-,25,26,27)/p+1/t17-,19-,20+,21-,23-/m0/s1/i1D3,2D3. The third-order valence-corrected chi connectivity index (χ3v) is 5.43. The van der Waals surface area contributed by atoms with Gasteiger partial charge in [-0.05, 0) is 0 Å². The van der Waals surface area contributed by atoms with Crippen LogP contribution in [-0.4, -0.2) is 87.1 Å². The van der Waals surface area contributed by atoms with E-state index in [4.69, 9.17) is 31.6 Å². The Morgan fingerprint density at radius 3 is 2.23 bits per heavy atom. The molecule has 0 bridgehead atoms. The maximum atomic E-state index is 10.5. The molecule has 12 nitrogen and oxygen atoms in total. The van der Waals surface area contributed by atoms with Gasteiger partial charge in [0.1, 0.15) is 41.3 Å². The van der Waals surface area contributed by atoms with Gasteiger partial charge in [-0.25, -0.2) is 4.42 Å². The molecule has 5 atom stereocenters. The van der Waals surface area contributed by atoms with E-state index in [0.29, 0.717) is 0 Å². The molecule has 12 heteroatoms. The van der Waals surface area contributed by atoms with Crippen LogP contribution < -0.4 is 14.2 Å². The van der Waals surface area contributed by atoms with Crippen molar-refractivity contribution in [2.24, 2.45) is 0 Å². The molecule has 4 rings (SSSR count). The van der Waals surface area contributed by atoms with Crippen molar-refractivity contribution in [3.8, 4) is 45.8 Å². The molecule has 0 unspecified atom stereocenters. The normalized spacial score (nSPS) is 27.6. The largest absolute Gasteiger partial charge is 0.507 e. The number of phenolic OH excluding ortho intramolecular Hbond substituents is 3. The topological polar surface area (TPSA) is 190 Å². The summed E-state index contributed by atoms with van der Waals surface area (Å²) < 4.78 is 70.9. The fourth-order valence-corrected chi connectivity index (χ4v) is 3.63. The number of aliphatic hydroxyl groups excluding tert-OH is 4. The molecule has 1 fully saturated rings. The third kappa shape index (κ3) is 4.45. The summed E-state index contributed by atoms with van der Waals surface area (Å²) >= 11 is 0. The molecule has 3 aromatic rings. The molecular weight excluding hydrogens is 468 g/mol. The minimum atomic E-state index is -3.11. The van der Waals surface area contributed by atoms with Gasteiger partial charge in [-0.2, -0.15) is 0 Å². The minimum absolute atomic E-state index is 0.0529. The second kappa shape index (κ2) is 9.60. The third-order valence-electron chi connectivity index (χ3n) is 5.43. The average Bonchev–Trinajstić information content (AvgIpc) is 2.85. The fourth-order valence-electron chi connectivity index (χ4n) is 3.63. The Kier molecular flexibility index (Phi) is 4.89. The van der Waals surface area contributed by atoms with Gasteiger partial charge in [0.25, 0.3) is 0 Å². The first-order valence-electron chi connectivity index (χ1n) is 13.0. The highest BCUT2D eigenvalue weighted by Gasteiger charge is 2.45. The van der Waals surface area contributed by atoms with Crippen LogP contribution >= 0.6 is 0 Å². The van der Waals surface area contributed by atoms with Crippen molar-refractivity contribution < 1.29 is 67.3 Å². The van der Waals surface area contributed by atoms with Gasteiger partial charge in [0.05, 0.1) is 40.5 Å². The molecule has 1 aromatic heterocycles. The smallest absolute Gasteiger partial charge is 0.402 e. The second-order valence-electron chi connectivity index (χ2n) is 7.66. The average molecular weight is 499 g/mol. The lowest BCUT2D eigenvalue weighted by atomic mass is 9.99. The zero-order valence-corrected chi connectivity index (χ0v) is 17.7. The zero-order valence-electron chi connectivity index (χ0n) is 23.7. The molecule has 0 amide bonds. The number of aliphatic hydroxyl groups is 4. The Labute approximate surface area is 206 Å². The summed E-state index contributed by atoms with van der Waals surface area (Å²) in [6, 6.07) is 5.07. The van der Waals surface area contributed by atoms with Gasteiger partial charge < -0.3 is 54.7 Å². The SMILES string of the molecule is [2H]C([2H])([2H])Oc1cc(-c2[o+]c3cc(O)cc(O)c3cc2O[C@H]2O[C@@H](CO)[C@H](O)[C@@H](O)[C@@H]2O)cc(OC([2H])([2H])[2H])c1O. The summed E-state index contributed by atoms with van der Waals surface area (Å²) in [6.07, 6.45) is -8.54. The number of rotatable bonds is 6. The molecule has 0 aliphatic carbocycles. The number of fused-ring (bicyclic) bond motifs is 1. The summed E-state index contributed by atoms with van der Waals surface area (Å²) in [4.78, 5) is 0. The molecule has 2 aromatic carbocycles. The Bertz CT molecular complexity index is 1390. The van der Waals surface area contributed by atoms with Crippen LogP contribution in [0.15, 0.2) is 34.7 Å². The molecule has 0 radical (unpaired) electrons. The molecule has 0 spiro atoms. The Balaban J connectivity index is 1.93. The van der Waals surface area contributed by atoms with Crippen LogP contribution in [0.4, 0.5) is 0 Å². The van der Waals surface area contributed by atoms with E-state index in [1.54, 1.807) is 0 Å². The van der Waals surface area contributed by atoms with Crippen molar-refractivity contribution in [3.05, 3.63) is 30.3 Å². The van der Waals surface area contributed by atoms with Crippen molar-refractivity contribution in [2.45, 2.75) is 30.7 Å². The predicted molar refractivity (Wildman–Crippen MR) is 119 cm³/mol. The van der Waals surface area contributed by atoms with E-state index >= 15 is 0 Å². The molecule has 7 N–H and O–H groups in total. The highest BCUT2D eigenvalue weighted by molar-refractivity contribution is 5.88. The van der Waals surface area contributed by atoms with Crippen LogP contribution in [-0.2, 0) is 4.74 Å². The number of hydrogen-bond acceptors (Lipinski definition) is 11. The lowest BCUT2D eigenvalue weighted by Gasteiger charge is -2.39. The number of hydrogen-bond donors (Lipinski definition) is 7. The number of phenols is 3. The monoisotopic (exact) mass is 499 g/mol. The quantitative estimate of drug-likeness (QED) is 0.235. The van der Waals surface area contributed by atoms with Crippen molar-refractivity contribution in [1.29, 1.82) is 0 Å². The number of methoxy groups -OCH3 is 2. The summed E-state index contributed by atoms with van der Waals surface area (Å²) in [5, 5.41) is 71.0. The van der Waals surface area contributed by atoms with Crippen molar-refractivity contribution >= 4 is 11.0 Å². The highest BCUT2D eigenvalue weighted by atomic mass is 16.7. The van der Waals surface area contributed by atoms with Crippen LogP contribution in [0.3, 0.4) is 0 Å². The highest BCUT2D eigenvalue weighted by Crippen LogP contribution is 2.45. The Morgan fingerprint density at radius 1 is 0.914 bits per heavy atom. The molecule has 1 aliphatic heterocycles. The summed E-state index contributed by atoms with van der Waals surface area (Å²) in [6.45, 7) is -0.774. The van der Waals surface area contributed by atoms with Crippen LogP contribution in [0.1, 0.15) is 8.22 Å². The first-order valence-corrected chi connectivity index (χ1v) is 10.0. The van der Waals surface area contributed by atoms with Crippen LogP contribution in [0, 0.1) is 0 Å². The number of benzene rings is 2. The van der Waals surface area contributed by atoms with Gasteiger partial charge in [0.2, 0.25) is 17.8 Å². The lowest BCUT2D eigenvalue weighted by molar-refractivity contribution is -0.277. The molecular formula is C23H25O12+. The second-order valence-corrected chi connectivity index (χ2v) is 7.66. The Hall–Kier alpha value is -3.55. The van der Waals surface area contributed by atoms with E-state index in [0.717, 1.165) is 30.3 Å². The predicted octanol–water partition coefficient (Wildman–Crippen LogP) is 0.694. The first-order chi connectivity index (χ1) is 19.0. The Morgan fingerprint density at radius 2 is 1.60 bits per heavy atom. The number of ether oxygens (including phenoxy) is 4. The van der Waals surface area contributed by atoms with Crippen molar-refractivity contribution in [2.75, 3.05) is 20.7 Å². The molecule has 35 heavy (non-hydrogen) atoms. The summed E-state index contributed by atoms with van der Waals surface area (Å²) in [7, 11) is -6.22. The summed E-state index contributed by atoms with van der Waals surface area (Å²) in [5.74, 6) is -4.16. The lowest BCUT2D eigenvalue weighted by Crippen LogP contribution is -2.60. The molecule has 2 heterocycles. The van der Waals surface area contributed by atoms with E-state index in [2.05, 4.69) is 0 Å². The summed E-state index contributed by atoms with van der Waals surface area (Å²) in [5.41, 5.74) is -0.395. The van der Waals surface area contributed by atoms with E-state index < -0.39 is 80.1 Å². The molecule has 1 aliphatic rings.